The molecule has 0 spiro atoms. The quantitative estimate of drug-likeness (QED) is 0.895. The molecule has 0 atom stereocenters. The van der Waals surface area contributed by atoms with Gasteiger partial charge in [-0.1, -0.05) is 30.3 Å². The van der Waals surface area contributed by atoms with E-state index in [0.717, 1.165) is 24.3 Å². The fourth-order valence-corrected chi connectivity index (χ4v) is 2.06. The molecule has 2 aromatic rings. The minimum absolute atomic E-state index is 0.352. The Balaban J connectivity index is 2.42. The highest BCUT2D eigenvalue weighted by molar-refractivity contribution is 5.95. The average molecular weight is 258 g/mol. The molecule has 100 valence electrons. The standard InChI is InChI=1S/C15H18N2O2/c1-16(2)10-11-17-9-8-13(15(18)19)14(17)12-6-4-3-5-7-12/h3-9H,10-11H2,1-2H3,(H,18,19). The zero-order valence-corrected chi connectivity index (χ0v) is 11.2. The Morgan fingerprint density at radius 2 is 1.89 bits per heavy atom. The first-order valence-corrected chi connectivity index (χ1v) is 6.22. The van der Waals surface area contributed by atoms with Crippen LogP contribution >= 0.6 is 0 Å². The van der Waals surface area contributed by atoms with Crippen molar-refractivity contribution in [2.24, 2.45) is 0 Å². The van der Waals surface area contributed by atoms with E-state index in [-0.39, 0.29) is 0 Å². The maximum Gasteiger partial charge on any atom is 0.337 e. The molecule has 1 heterocycles. The summed E-state index contributed by atoms with van der Waals surface area (Å²) in [5.41, 5.74) is 2.06. The third kappa shape index (κ3) is 3.03. The summed E-state index contributed by atoms with van der Waals surface area (Å²) in [5, 5.41) is 9.29. The van der Waals surface area contributed by atoms with Gasteiger partial charge >= 0.3 is 5.97 Å². The van der Waals surface area contributed by atoms with E-state index in [4.69, 9.17) is 0 Å². The second-order valence-electron chi connectivity index (χ2n) is 4.75. The van der Waals surface area contributed by atoms with Crippen LogP contribution in [0.3, 0.4) is 0 Å². The molecule has 1 N–H and O–H groups in total. The van der Waals surface area contributed by atoms with Gasteiger partial charge in [0.05, 0.1) is 11.3 Å². The van der Waals surface area contributed by atoms with Crippen molar-refractivity contribution in [3.8, 4) is 11.3 Å². The van der Waals surface area contributed by atoms with E-state index in [1.54, 1.807) is 6.07 Å². The maximum absolute atomic E-state index is 11.3. The van der Waals surface area contributed by atoms with Crippen LogP contribution in [0.1, 0.15) is 10.4 Å². The summed E-state index contributed by atoms with van der Waals surface area (Å²) >= 11 is 0. The molecule has 0 radical (unpaired) electrons. The van der Waals surface area contributed by atoms with Gasteiger partial charge in [0.2, 0.25) is 0 Å². The number of carbonyl (C=O) groups is 1. The van der Waals surface area contributed by atoms with Crippen LogP contribution in [0.4, 0.5) is 0 Å². The number of likely N-dealkylation sites (N-methyl/N-ethyl adjacent to an activating group) is 1. The van der Waals surface area contributed by atoms with Crippen molar-refractivity contribution in [2.75, 3.05) is 20.6 Å². The summed E-state index contributed by atoms with van der Waals surface area (Å²) in [6, 6.07) is 11.3. The molecule has 0 amide bonds. The Morgan fingerprint density at radius 3 is 2.47 bits per heavy atom. The van der Waals surface area contributed by atoms with Crippen molar-refractivity contribution in [1.29, 1.82) is 0 Å². The highest BCUT2D eigenvalue weighted by Gasteiger charge is 2.16. The highest BCUT2D eigenvalue weighted by atomic mass is 16.4. The molecule has 1 aromatic carbocycles. The fraction of sp³-hybridized carbons (Fsp3) is 0.267. The molecule has 0 unspecified atom stereocenters. The normalized spacial score (nSPS) is 10.9. The number of nitrogens with zero attached hydrogens (tertiary/aromatic N) is 2. The van der Waals surface area contributed by atoms with Crippen molar-refractivity contribution in [3.63, 3.8) is 0 Å². The number of aromatic nitrogens is 1. The molecule has 0 saturated heterocycles. The smallest absolute Gasteiger partial charge is 0.337 e. The van der Waals surface area contributed by atoms with Gasteiger partial charge in [0.25, 0.3) is 0 Å². The average Bonchev–Trinajstić information content (AvgIpc) is 2.81. The molecule has 0 aliphatic carbocycles. The van der Waals surface area contributed by atoms with Crippen LogP contribution in [0.2, 0.25) is 0 Å². The van der Waals surface area contributed by atoms with E-state index in [1.807, 2.05) is 55.2 Å². The second-order valence-corrected chi connectivity index (χ2v) is 4.75. The lowest BCUT2D eigenvalue weighted by Gasteiger charge is -2.14. The summed E-state index contributed by atoms with van der Waals surface area (Å²) in [7, 11) is 4.01. The zero-order valence-electron chi connectivity index (χ0n) is 11.2. The molecule has 0 fully saturated rings. The van der Waals surface area contributed by atoms with E-state index in [9.17, 15) is 9.90 Å². The van der Waals surface area contributed by atoms with Gasteiger partial charge in [-0.25, -0.2) is 4.79 Å². The number of hydrogen-bond donors (Lipinski definition) is 1. The number of carboxylic acids is 1. The molecule has 4 nitrogen and oxygen atoms in total. The predicted octanol–water partition coefficient (Wildman–Crippen LogP) is 2.41. The molecule has 2 rings (SSSR count). The molecular formula is C15H18N2O2. The Kier molecular flexibility index (Phi) is 4.02. The van der Waals surface area contributed by atoms with Crippen LogP contribution in [0.25, 0.3) is 11.3 Å². The monoisotopic (exact) mass is 258 g/mol. The summed E-state index contributed by atoms with van der Waals surface area (Å²) in [4.78, 5) is 13.4. The van der Waals surface area contributed by atoms with E-state index in [1.165, 1.54) is 0 Å². The van der Waals surface area contributed by atoms with Gasteiger partial charge in [-0.05, 0) is 25.7 Å². The minimum Gasteiger partial charge on any atom is -0.478 e. The van der Waals surface area contributed by atoms with Crippen molar-refractivity contribution in [3.05, 3.63) is 48.2 Å². The van der Waals surface area contributed by atoms with Crippen molar-refractivity contribution < 1.29 is 9.90 Å². The molecule has 4 heteroatoms. The fourth-order valence-electron chi connectivity index (χ4n) is 2.06. The van der Waals surface area contributed by atoms with Crippen molar-refractivity contribution in [2.45, 2.75) is 6.54 Å². The maximum atomic E-state index is 11.3. The van der Waals surface area contributed by atoms with E-state index in [0.29, 0.717) is 5.56 Å². The Morgan fingerprint density at radius 1 is 1.21 bits per heavy atom. The van der Waals surface area contributed by atoms with E-state index >= 15 is 0 Å². The third-order valence-electron chi connectivity index (χ3n) is 3.03. The first-order chi connectivity index (χ1) is 9.09. The number of carboxylic acid groups (broad SMARTS) is 1. The largest absolute Gasteiger partial charge is 0.478 e. The molecule has 1 aromatic heterocycles. The van der Waals surface area contributed by atoms with Gasteiger partial charge in [0.1, 0.15) is 0 Å². The topological polar surface area (TPSA) is 45.5 Å². The van der Waals surface area contributed by atoms with Gasteiger partial charge in [-0.15, -0.1) is 0 Å². The lowest BCUT2D eigenvalue weighted by molar-refractivity contribution is 0.0698. The van der Waals surface area contributed by atoms with Crippen LogP contribution in [0.5, 0.6) is 0 Å². The van der Waals surface area contributed by atoms with Crippen molar-refractivity contribution in [1.82, 2.24) is 9.47 Å². The molecule has 0 aliphatic rings. The third-order valence-corrected chi connectivity index (χ3v) is 3.03. The van der Waals surface area contributed by atoms with Crippen LogP contribution < -0.4 is 0 Å². The molecule has 0 aliphatic heterocycles. The summed E-state index contributed by atoms with van der Waals surface area (Å²) in [6.07, 6.45) is 1.84. The number of aromatic carboxylic acids is 1. The van der Waals surface area contributed by atoms with E-state index < -0.39 is 5.97 Å². The van der Waals surface area contributed by atoms with Crippen molar-refractivity contribution >= 4 is 5.97 Å². The predicted molar refractivity (Wildman–Crippen MR) is 75.4 cm³/mol. The first kappa shape index (κ1) is 13.4. The van der Waals surface area contributed by atoms with Crippen LogP contribution in [-0.4, -0.2) is 41.2 Å². The SMILES string of the molecule is CN(C)CCn1ccc(C(=O)O)c1-c1ccccc1. The molecule has 0 saturated carbocycles. The van der Waals surface area contributed by atoms with Crippen LogP contribution in [-0.2, 0) is 6.54 Å². The Labute approximate surface area is 112 Å². The Hall–Kier alpha value is -2.07. The zero-order chi connectivity index (χ0) is 13.8. The van der Waals surface area contributed by atoms with Crippen LogP contribution in [0, 0.1) is 0 Å². The minimum atomic E-state index is -0.887. The van der Waals surface area contributed by atoms with Gasteiger partial charge < -0.3 is 14.6 Å². The van der Waals surface area contributed by atoms with Gasteiger partial charge in [-0.2, -0.15) is 0 Å². The molecule has 19 heavy (non-hydrogen) atoms. The van der Waals surface area contributed by atoms with Gasteiger partial charge in [0, 0.05) is 19.3 Å². The lowest BCUT2D eigenvalue weighted by atomic mass is 10.1. The van der Waals surface area contributed by atoms with Gasteiger partial charge in [0.15, 0.2) is 0 Å². The molecular weight excluding hydrogens is 240 g/mol. The van der Waals surface area contributed by atoms with E-state index in [2.05, 4.69) is 4.90 Å². The second kappa shape index (κ2) is 5.71. The highest BCUT2D eigenvalue weighted by Crippen LogP contribution is 2.25. The van der Waals surface area contributed by atoms with Crippen LogP contribution in [0.15, 0.2) is 42.6 Å². The number of benzene rings is 1. The molecule has 0 bridgehead atoms. The first-order valence-electron chi connectivity index (χ1n) is 6.22. The summed E-state index contributed by atoms with van der Waals surface area (Å²) < 4.78 is 2.00. The number of rotatable bonds is 5. The summed E-state index contributed by atoms with van der Waals surface area (Å²) in [6.45, 7) is 1.64. The summed E-state index contributed by atoms with van der Waals surface area (Å²) in [5.74, 6) is -0.887. The Bertz CT molecular complexity index is 559. The number of hydrogen-bond acceptors (Lipinski definition) is 2. The lowest BCUT2D eigenvalue weighted by Crippen LogP contribution is -2.18. The van der Waals surface area contributed by atoms with Gasteiger partial charge in [-0.3, -0.25) is 0 Å².